The third kappa shape index (κ3) is 19.3. The van der Waals surface area contributed by atoms with Crippen LogP contribution in [0.25, 0.3) is 0 Å². The summed E-state index contributed by atoms with van der Waals surface area (Å²) in [5.41, 5.74) is 0. The summed E-state index contributed by atoms with van der Waals surface area (Å²) in [7, 11) is 0. The van der Waals surface area contributed by atoms with Crippen molar-refractivity contribution in [3.8, 4) is 0 Å². The second-order valence-electron chi connectivity index (χ2n) is 3.04. The predicted molar refractivity (Wildman–Crippen MR) is 104 cm³/mol. The molecule has 0 aromatic carbocycles. The SMILES string of the molecule is [2H]/C(=C(\[2H])C([2H])([2H])C([2H])([2H])C([2H])([2H])C([2H])([2H])C([2H])([2H])C([2H])([2H])C([2H])([2H])C([2H])([2H])[2H])C([2H])([2H])C([2H])([2H])C([2H])([2H])C([2H])([2H])C([2H])([2H])C([2H])([2H])C([2H])([2H])C(=O)OC([2H])([2H])C(O)C([2H])([2H])O. The molecular formula is C21H40O4. The number of rotatable bonds is 18. The number of carbonyl (C=O) groups excluding carboxylic acids is 1. The molecular weight excluding hydrogens is 316 g/mol. The molecule has 0 aliphatic rings. The van der Waals surface area contributed by atoms with Crippen molar-refractivity contribution in [2.45, 2.75) is 102 Å². The van der Waals surface area contributed by atoms with E-state index < -0.39 is 133 Å². The summed E-state index contributed by atoms with van der Waals surface area (Å²) in [6.45, 7) is -12.3. The molecule has 4 nitrogen and oxygen atoms in total. The van der Waals surface area contributed by atoms with E-state index >= 15 is 0 Å². The molecule has 0 saturated carbocycles. The van der Waals surface area contributed by atoms with Gasteiger partial charge in [0.1, 0.15) is 12.7 Å². The van der Waals surface area contributed by atoms with Gasteiger partial charge in [0.25, 0.3) is 0 Å². The van der Waals surface area contributed by atoms with Crippen LogP contribution < -0.4 is 0 Å². The van der Waals surface area contributed by atoms with Gasteiger partial charge < -0.3 is 14.9 Å². The van der Waals surface area contributed by atoms with Crippen molar-refractivity contribution in [1.82, 2.24) is 0 Å². The second kappa shape index (κ2) is 19.5. The molecule has 0 rings (SSSR count). The highest BCUT2D eigenvalue weighted by molar-refractivity contribution is 5.69. The Morgan fingerprint density at radius 1 is 1.04 bits per heavy atom. The first-order valence-electron chi connectivity index (χ1n) is 24.4. The van der Waals surface area contributed by atoms with Crippen LogP contribution in [-0.4, -0.2) is 35.4 Å². The molecule has 1 unspecified atom stereocenters. The largest absolute Gasteiger partial charge is 0.463 e. The van der Waals surface area contributed by atoms with Gasteiger partial charge in [0.05, 0.1) is 14.8 Å². The number of aliphatic hydroxyl groups is 2. The molecule has 148 valence electrons. The van der Waals surface area contributed by atoms with E-state index in [2.05, 4.69) is 4.74 Å². The molecule has 1 atom stereocenters. The monoisotopic (exact) mass is 394 g/mol. The lowest BCUT2D eigenvalue weighted by Gasteiger charge is -2.08. The molecule has 0 radical (unpaired) electrons. The Hall–Kier alpha value is -0.870. The van der Waals surface area contributed by atoms with Crippen LogP contribution >= 0.6 is 0 Å². The van der Waals surface area contributed by atoms with Gasteiger partial charge in [-0.2, -0.15) is 0 Å². The number of ether oxygens (including phenoxy) is 1. The lowest BCUT2D eigenvalue weighted by atomic mass is 10.1. The van der Waals surface area contributed by atoms with Gasteiger partial charge in [-0.15, -0.1) is 0 Å². The van der Waals surface area contributed by atoms with Crippen LogP contribution in [0.1, 0.15) is 147 Å². The first-order chi connectivity index (χ1) is 26.1. The number of carbonyl (C=O) groups is 1. The smallest absolute Gasteiger partial charge is 0.305 e. The third-order valence-corrected chi connectivity index (χ3v) is 1.43. The Morgan fingerprint density at radius 2 is 1.60 bits per heavy atom. The molecule has 0 aliphatic heterocycles. The maximum Gasteiger partial charge on any atom is 0.305 e. The molecule has 0 bridgehead atoms. The zero-order chi connectivity index (χ0) is 51.5. The first kappa shape index (κ1) is 3.57. The van der Waals surface area contributed by atoms with Crippen molar-refractivity contribution in [1.29, 1.82) is 0 Å². The van der Waals surface area contributed by atoms with Crippen molar-refractivity contribution >= 4 is 5.97 Å². The topological polar surface area (TPSA) is 66.8 Å². The van der Waals surface area contributed by atoms with Gasteiger partial charge in [0.2, 0.25) is 0 Å². The minimum absolute atomic E-state index is 2.64. The minimum Gasteiger partial charge on any atom is -0.463 e. The quantitative estimate of drug-likeness (QED) is 0.256. The van der Waals surface area contributed by atoms with Gasteiger partial charge in [-0.3, -0.25) is 4.79 Å². The molecule has 2 N–H and O–H groups in total. The average Bonchev–Trinajstić information content (AvgIpc) is 3.04. The minimum atomic E-state index is -5.11. The molecule has 0 aliphatic carbocycles. The van der Waals surface area contributed by atoms with Crippen LogP contribution in [0.4, 0.5) is 0 Å². The average molecular weight is 394 g/mol. The van der Waals surface area contributed by atoms with E-state index in [1.165, 1.54) is 0 Å². The molecule has 0 fully saturated rings. The van der Waals surface area contributed by atoms with E-state index in [1.54, 1.807) is 0 Å². The highest BCUT2D eigenvalue weighted by Crippen LogP contribution is 2.10. The van der Waals surface area contributed by atoms with Gasteiger partial charge in [-0.1, -0.05) is 69.9 Å². The Labute approximate surface area is 206 Å². The summed E-state index contributed by atoms with van der Waals surface area (Å²) < 4.78 is 296. The fourth-order valence-corrected chi connectivity index (χ4v) is 0.650. The van der Waals surface area contributed by atoms with Gasteiger partial charge >= 0.3 is 5.97 Å². The van der Waals surface area contributed by atoms with Gasteiger partial charge in [-0.25, -0.2) is 0 Å². The zero-order valence-electron chi connectivity index (χ0n) is 49.3. The van der Waals surface area contributed by atoms with E-state index in [0.717, 1.165) is 0 Å². The predicted octanol–water partition coefficient (Wildman–Crippen LogP) is 4.92. The number of allylic oxidation sites excluding steroid dienone is 2. The van der Waals surface area contributed by atoms with E-state index in [1.807, 2.05) is 0 Å². The van der Waals surface area contributed by atoms with E-state index in [0.29, 0.717) is 0 Å². The molecule has 0 saturated heterocycles. The molecule has 0 aromatic rings. The molecule has 0 amide bonds. The van der Waals surface area contributed by atoms with Gasteiger partial charge in [0, 0.05) is 48.9 Å². The van der Waals surface area contributed by atoms with E-state index in [4.69, 9.17) is 50.7 Å². The molecule has 0 spiro atoms. The lowest BCUT2D eigenvalue weighted by Crippen LogP contribution is -2.21. The zero-order valence-corrected chi connectivity index (χ0v) is 12.3. The maximum absolute atomic E-state index is 12.6. The molecule has 4 heteroatoms. The first-order valence-corrected chi connectivity index (χ1v) is 5.92. The third-order valence-electron chi connectivity index (χ3n) is 1.43. The standard InChI is InChI=1S/C21H40O4/c1-2-3-4-5-6-7-8-9-10-11-12-13-14-15-16-17-21(24)25-19-20(23)18-22/h9-10,20,22-23H,2-8,11-19H2,1H3/b10-9-/i1D3,2D2,3D2,4D2,5D2,6D2,7D2,8D2,9D,10D,11D2,12D2,13D2,14D2,15D2,16D2,17D2,18D2,19D2. The second-order valence-corrected chi connectivity index (χ2v) is 3.04. The van der Waals surface area contributed by atoms with Crippen LogP contribution in [0.3, 0.4) is 0 Å². The molecule has 25 heavy (non-hydrogen) atoms. The fourth-order valence-electron chi connectivity index (χ4n) is 0.650. The van der Waals surface area contributed by atoms with E-state index in [-0.39, 0.29) is 0 Å². The van der Waals surface area contributed by atoms with Crippen LogP contribution in [0, 0.1) is 0 Å². The summed E-state index contributed by atoms with van der Waals surface area (Å²) in [6, 6.07) is -5.30. The number of esters is 1. The normalized spacial score (nSPS) is 45.0. The van der Waals surface area contributed by atoms with Crippen LogP contribution in [0.15, 0.2) is 12.1 Å². The lowest BCUT2D eigenvalue weighted by molar-refractivity contribution is -0.147. The molecule has 0 aromatic heterocycles. The van der Waals surface area contributed by atoms with Crippen LogP contribution in [0.5, 0.6) is 0 Å². The van der Waals surface area contributed by atoms with Crippen LogP contribution in [-0.2, 0) is 9.53 Å². The summed E-state index contributed by atoms with van der Waals surface area (Å²) >= 11 is 0. The van der Waals surface area contributed by atoms with Crippen molar-refractivity contribution in [3.05, 3.63) is 12.1 Å². The van der Waals surface area contributed by atoms with Crippen molar-refractivity contribution in [2.75, 3.05) is 13.1 Å². The van der Waals surface area contributed by atoms with Crippen molar-refractivity contribution in [3.63, 3.8) is 0 Å². The number of hydrogen-bond acceptors (Lipinski definition) is 4. The highest BCUT2D eigenvalue weighted by Gasteiger charge is 2.07. The fraction of sp³-hybridized carbons (Fsp3) is 0.857. The Morgan fingerprint density at radius 3 is 2.20 bits per heavy atom. The van der Waals surface area contributed by atoms with Crippen molar-refractivity contribution in [2.24, 2.45) is 0 Å². The summed E-state index contributed by atoms with van der Waals surface area (Å²) in [4.78, 5) is 12.6. The summed E-state index contributed by atoms with van der Waals surface area (Å²) in [5.74, 6) is -2.94. The number of hydrogen-bond donors (Lipinski definition) is 2. The maximum atomic E-state index is 12.6. The molecule has 0 heterocycles. The van der Waals surface area contributed by atoms with E-state index in [9.17, 15) is 15.0 Å². The Balaban J connectivity index is 7.68. The van der Waals surface area contributed by atoms with Gasteiger partial charge in [-0.05, 0) is 31.9 Å². The van der Waals surface area contributed by atoms with Gasteiger partial charge in [0.15, 0.2) is 0 Å². The van der Waals surface area contributed by atoms with Crippen LogP contribution in [0.2, 0.25) is 0 Å². The summed E-state index contributed by atoms with van der Waals surface area (Å²) in [6.07, 6.45) is -72.0. The Kier molecular flexibility index (Phi) is 2.78. The highest BCUT2D eigenvalue weighted by atomic mass is 16.5. The number of aliphatic hydroxyl groups excluding tert-OH is 1. The Bertz CT molecular complexity index is 1690. The van der Waals surface area contributed by atoms with Crippen molar-refractivity contribution < 1.29 is 70.5 Å². The summed E-state index contributed by atoms with van der Waals surface area (Å²) in [5, 5.41) is 18.8.